The molecule has 0 fully saturated rings. The number of hydrogen-bond donors (Lipinski definition) is 1. The Hall–Kier alpha value is -2.08. The van der Waals surface area contributed by atoms with Gasteiger partial charge in [-0.05, 0) is 35.9 Å². The molecule has 0 bridgehead atoms. The van der Waals surface area contributed by atoms with Gasteiger partial charge in [-0.15, -0.1) is 13.2 Å². The monoisotopic (exact) mass is 317 g/mol. The molecule has 0 spiro atoms. The Labute approximate surface area is 124 Å². The quantitative estimate of drug-likeness (QED) is 0.850. The molecule has 0 saturated carbocycles. The maximum atomic E-state index is 12.0. The highest BCUT2D eigenvalue weighted by Gasteiger charge is 2.30. The normalized spacial score (nSPS) is 11.2. The predicted molar refractivity (Wildman–Crippen MR) is 73.3 cm³/mol. The van der Waals surface area contributed by atoms with Crippen LogP contribution in [0.4, 0.5) is 18.9 Å². The Morgan fingerprint density at radius 2 is 1.71 bits per heavy atom. The Morgan fingerprint density at radius 3 is 2.29 bits per heavy atom. The van der Waals surface area contributed by atoms with Crippen LogP contribution in [-0.2, 0) is 6.61 Å². The van der Waals surface area contributed by atoms with E-state index in [9.17, 15) is 13.2 Å². The van der Waals surface area contributed by atoms with Gasteiger partial charge in [0, 0.05) is 5.69 Å². The Bertz CT molecular complexity index is 615. The van der Waals surface area contributed by atoms with E-state index in [1.165, 1.54) is 24.3 Å². The third kappa shape index (κ3) is 4.75. The zero-order valence-corrected chi connectivity index (χ0v) is 11.4. The third-order valence-electron chi connectivity index (χ3n) is 2.51. The number of nitrogen functional groups attached to an aromatic ring is 1. The van der Waals surface area contributed by atoms with Crippen molar-refractivity contribution in [2.75, 3.05) is 5.73 Å². The molecular formula is C14H11ClF3NO2. The van der Waals surface area contributed by atoms with Gasteiger partial charge in [0.25, 0.3) is 0 Å². The topological polar surface area (TPSA) is 44.5 Å². The van der Waals surface area contributed by atoms with Gasteiger partial charge in [0.05, 0.1) is 5.02 Å². The zero-order valence-electron chi connectivity index (χ0n) is 10.7. The first kappa shape index (κ1) is 15.3. The molecule has 0 amide bonds. The average Bonchev–Trinajstić information content (AvgIpc) is 2.38. The van der Waals surface area contributed by atoms with Gasteiger partial charge >= 0.3 is 6.36 Å². The molecule has 0 aromatic heterocycles. The van der Waals surface area contributed by atoms with E-state index < -0.39 is 6.36 Å². The first-order valence-corrected chi connectivity index (χ1v) is 6.24. The van der Waals surface area contributed by atoms with Crippen LogP contribution in [0.3, 0.4) is 0 Å². The fraction of sp³-hybridized carbons (Fsp3) is 0.143. The van der Waals surface area contributed by atoms with Crippen LogP contribution in [0.2, 0.25) is 5.02 Å². The summed E-state index contributed by atoms with van der Waals surface area (Å²) in [5.74, 6) is 0.165. The van der Waals surface area contributed by atoms with E-state index in [-0.39, 0.29) is 12.4 Å². The predicted octanol–water partition coefficient (Wildman–Crippen LogP) is 4.40. The minimum atomic E-state index is -4.70. The maximum absolute atomic E-state index is 12.0. The SMILES string of the molecule is Nc1ccc(OCc2ccc(OC(F)(F)F)cc2)c(Cl)c1. The van der Waals surface area contributed by atoms with E-state index in [1.807, 2.05) is 0 Å². The molecule has 112 valence electrons. The summed E-state index contributed by atoms with van der Waals surface area (Å²) in [6, 6.07) is 10.2. The van der Waals surface area contributed by atoms with E-state index >= 15 is 0 Å². The van der Waals surface area contributed by atoms with Crippen molar-refractivity contribution in [3.8, 4) is 11.5 Å². The van der Waals surface area contributed by atoms with Gasteiger partial charge in [0.15, 0.2) is 0 Å². The lowest BCUT2D eigenvalue weighted by molar-refractivity contribution is -0.274. The number of benzene rings is 2. The van der Waals surface area contributed by atoms with Gasteiger partial charge < -0.3 is 15.2 Å². The molecule has 3 nitrogen and oxygen atoms in total. The van der Waals surface area contributed by atoms with Crippen LogP contribution in [0.25, 0.3) is 0 Å². The number of hydrogen-bond acceptors (Lipinski definition) is 3. The molecule has 21 heavy (non-hydrogen) atoms. The maximum Gasteiger partial charge on any atom is 0.573 e. The standard InChI is InChI=1S/C14H11ClF3NO2/c15-12-7-10(19)3-6-13(12)20-8-9-1-4-11(5-2-9)21-14(16,17)18/h1-7H,8,19H2. The van der Waals surface area contributed by atoms with Crippen molar-refractivity contribution < 1.29 is 22.6 Å². The summed E-state index contributed by atoms with van der Waals surface area (Å²) in [7, 11) is 0. The van der Waals surface area contributed by atoms with Gasteiger partial charge in [0.1, 0.15) is 18.1 Å². The first-order valence-electron chi connectivity index (χ1n) is 5.86. The molecule has 2 aromatic carbocycles. The van der Waals surface area contributed by atoms with Gasteiger partial charge in [-0.2, -0.15) is 0 Å². The van der Waals surface area contributed by atoms with Gasteiger partial charge in [-0.3, -0.25) is 0 Å². The first-order chi connectivity index (χ1) is 9.83. The number of halogens is 4. The molecule has 0 heterocycles. The van der Waals surface area contributed by atoms with E-state index in [0.717, 1.165) is 0 Å². The van der Waals surface area contributed by atoms with Crippen LogP contribution in [-0.4, -0.2) is 6.36 Å². The van der Waals surface area contributed by atoms with Crippen molar-refractivity contribution in [1.82, 2.24) is 0 Å². The second-order valence-electron chi connectivity index (χ2n) is 4.17. The summed E-state index contributed by atoms with van der Waals surface area (Å²) in [6.07, 6.45) is -4.70. The van der Waals surface area contributed by atoms with E-state index in [1.54, 1.807) is 18.2 Å². The fourth-order valence-corrected chi connectivity index (χ4v) is 1.83. The lowest BCUT2D eigenvalue weighted by Gasteiger charge is -2.11. The summed E-state index contributed by atoms with van der Waals surface area (Å²) in [5, 5.41) is 0.368. The summed E-state index contributed by atoms with van der Waals surface area (Å²) in [4.78, 5) is 0. The number of rotatable bonds is 4. The summed E-state index contributed by atoms with van der Waals surface area (Å²) in [6.45, 7) is 0.163. The molecule has 0 unspecified atom stereocenters. The van der Waals surface area contributed by atoms with Crippen molar-refractivity contribution in [3.05, 3.63) is 53.1 Å². The number of anilines is 1. The molecule has 2 rings (SSSR count). The summed E-state index contributed by atoms with van der Waals surface area (Å²) in [5.41, 5.74) is 6.75. The molecule has 2 N–H and O–H groups in total. The zero-order chi connectivity index (χ0) is 15.5. The summed E-state index contributed by atoms with van der Waals surface area (Å²) < 4.78 is 45.3. The Morgan fingerprint density at radius 1 is 1.05 bits per heavy atom. The molecule has 0 aliphatic rings. The average molecular weight is 318 g/mol. The fourth-order valence-electron chi connectivity index (χ4n) is 1.58. The Balaban J connectivity index is 1.97. The third-order valence-corrected chi connectivity index (χ3v) is 2.80. The van der Waals surface area contributed by atoms with Gasteiger partial charge in [-0.25, -0.2) is 0 Å². The van der Waals surface area contributed by atoms with Crippen molar-refractivity contribution in [2.24, 2.45) is 0 Å². The summed E-state index contributed by atoms with van der Waals surface area (Å²) >= 11 is 5.94. The Kier molecular flexibility index (Phi) is 4.47. The highest BCUT2D eigenvalue weighted by atomic mass is 35.5. The molecule has 2 aromatic rings. The minimum Gasteiger partial charge on any atom is -0.487 e. The second kappa shape index (κ2) is 6.13. The smallest absolute Gasteiger partial charge is 0.487 e. The van der Waals surface area contributed by atoms with Crippen LogP contribution in [0.1, 0.15) is 5.56 Å². The van der Waals surface area contributed by atoms with Crippen LogP contribution >= 0.6 is 11.6 Å². The highest BCUT2D eigenvalue weighted by Crippen LogP contribution is 2.27. The van der Waals surface area contributed by atoms with E-state index in [0.29, 0.717) is 22.0 Å². The van der Waals surface area contributed by atoms with E-state index in [2.05, 4.69) is 4.74 Å². The molecular weight excluding hydrogens is 307 g/mol. The van der Waals surface area contributed by atoms with E-state index in [4.69, 9.17) is 22.1 Å². The largest absolute Gasteiger partial charge is 0.573 e. The number of nitrogens with two attached hydrogens (primary N) is 1. The van der Waals surface area contributed by atoms with Crippen LogP contribution < -0.4 is 15.2 Å². The van der Waals surface area contributed by atoms with Crippen LogP contribution in [0.5, 0.6) is 11.5 Å². The van der Waals surface area contributed by atoms with Crippen molar-refractivity contribution in [1.29, 1.82) is 0 Å². The number of alkyl halides is 3. The van der Waals surface area contributed by atoms with Crippen molar-refractivity contribution in [2.45, 2.75) is 13.0 Å². The molecule has 0 saturated heterocycles. The van der Waals surface area contributed by atoms with Crippen molar-refractivity contribution in [3.63, 3.8) is 0 Å². The molecule has 0 aliphatic carbocycles. The van der Waals surface area contributed by atoms with Crippen molar-refractivity contribution >= 4 is 17.3 Å². The van der Waals surface area contributed by atoms with Gasteiger partial charge in [0.2, 0.25) is 0 Å². The highest BCUT2D eigenvalue weighted by molar-refractivity contribution is 6.32. The molecule has 7 heteroatoms. The van der Waals surface area contributed by atoms with Crippen LogP contribution in [0, 0.1) is 0 Å². The molecule has 0 atom stereocenters. The lowest BCUT2D eigenvalue weighted by atomic mass is 10.2. The van der Waals surface area contributed by atoms with Crippen LogP contribution in [0.15, 0.2) is 42.5 Å². The second-order valence-corrected chi connectivity index (χ2v) is 4.58. The number of ether oxygens (including phenoxy) is 2. The minimum absolute atomic E-state index is 0.163. The lowest BCUT2D eigenvalue weighted by Crippen LogP contribution is -2.17. The molecule has 0 radical (unpaired) electrons. The molecule has 0 aliphatic heterocycles. The van der Waals surface area contributed by atoms with Gasteiger partial charge in [-0.1, -0.05) is 23.7 Å².